The average molecular weight is 296 g/mol. The van der Waals surface area contributed by atoms with Crippen LogP contribution in [0.25, 0.3) is 0 Å². The Morgan fingerprint density at radius 2 is 2.18 bits per heavy atom. The van der Waals surface area contributed by atoms with Crippen molar-refractivity contribution in [3.8, 4) is 0 Å². The molecule has 3 rings (SSSR count). The lowest BCUT2D eigenvalue weighted by atomic mass is 10.2. The van der Waals surface area contributed by atoms with Crippen molar-refractivity contribution < 1.29 is 9.59 Å². The fourth-order valence-corrected chi connectivity index (χ4v) is 2.42. The zero-order chi connectivity index (χ0) is 15.5. The van der Waals surface area contributed by atoms with Crippen molar-refractivity contribution in [3.63, 3.8) is 0 Å². The van der Waals surface area contributed by atoms with Gasteiger partial charge in [-0.05, 0) is 37.6 Å². The number of benzene rings is 1. The number of amides is 2. The second kappa shape index (κ2) is 5.93. The van der Waals surface area contributed by atoms with E-state index in [-0.39, 0.29) is 17.8 Å². The summed E-state index contributed by atoms with van der Waals surface area (Å²) in [4.78, 5) is 33.9. The van der Waals surface area contributed by atoms with Crippen LogP contribution in [0.4, 0.5) is 11.6 Å². The minimum atomic E-state index is -0.293. The number of carbonyl (C=O) groups excluding carboxylic acids is 2. The van der Waals surface area contributed by atoms with E-state index in [4.69, 9.17) is 0 Å². The molecule has 0 aliphatic carbocycles. The van der Waals surface area contributed by atoms with Gasteiger partial charge in [0, 0.05) is 36.1 Å². The molecule has 1 aromatic carbocycles. The Hall–Kier alpha value is -2.76. The van der Waals surface area contributed by atoms with Gasteiger partial charge in [0.1, 0.15) is 0 Å². The molecular formula is C16H16N4O2. The van der Waals surface area contributed by atoms with Gasteiger partial charge in [-0.15, -0.1) is 0 Å². The van der Waals surface area contributed by atoms with Crippen molar-refractivity contribution in [1.82, 2.24) is 9.97 Å². The molecular weight excluding hydrogens is 280 g/mol. The first-order valence-corrected chi connectivity index (χ1v) is 7.15. The molecule has 1 aliphatic rings. The zero-order valence-electron chi connectivity index (χ0n) is 12.2. The van der Waals surface area contributed by atoms with Crippen molar-refractivity contribution in [3.05, 3.63) is 47.8 Å². The molecule has 1 fully saturated rings. The Morgan fingerprint density at radius 1 is 1.32 bits per heavy atom. The third kappa shape index (κ3) is 2.95. The fraction of sp³-hybridized carbons (Fsp3) is 0.250. The van der Waals surface area contributed by atoms with Gasteiger partial charge < -0.3 is 4.90 Å². The molecule has 1 aromatic heterocycles. The molecule has 2 amide bonds. The molecule has 6 nitrogen and oxygen atoms in total. The Balaban J connectivity index is 1.79. The number of nitrogens with zero attached hydrogens (tertiary/aromatic N) is 3. The second-order valence-electron chi connectivity index (χ2n) is 5.18. The molecule has 0 spiro atoms. The number of carbonyl (C=O) groups is 2. The van der Waals surface area contributed by atoms with Gasteiger partial charge in [-0.25, -0.2) is 9.97 Å². The van der Waals surface area contributed by atoms with Crippen LogP contribution in [-0.2, 0) is 4.79 Å². The number of rotatable bonds is 3. The highest BCUT2D eigenvalue weighted by molar-refractivity contribution is 6.05. The Kier molecular flexibility index (Phi) is 3.82. The van der Waals surface area contributed by atoms with E-state index in [0.717, 1.165) is 17.8 Å². The highest BCUT2D eigenvalue weighted by Crippen LogP contribution is 2.22. The largest absolute Gasteiger partial charge is 0.312 e. The van der Waals surface area contributed by atoms with Crippen LogP contribution in [0.3, 0.4) is 0 Å². The van der Waals surface area contributed by atoms with Crippen LogP contribution < -0.4 is 10.2 Å². The maximum atomic E-state index is 12.3. The van der Waals surface area contributed by atoms with Crippen molar-refractivity contribution in [2.45, 2.75) is 19.8 Å². The first-order chi connectivity index (χ1) is 10.6. The van der Waals surface area contributed by atoms with E-state index in [1.807, 2.05) is 13.0 Å². The van der Waals surface area contributed by atoms with Crippen LogP contribution in [0.1, 0.15) is 28.9 Å². The molecule has 1 saturated heterocycles. The van der Waals surface area contributed by atoms with E-state index in [2.05, 4.69) is 15.3 Å². The van der Waals surface area contributed by atoms with Gasteiger partial charge in [-0.2, -0.15) is 0 Å². The summed E-state index contributed by atoms with van der Waals surface area (Å²) in [5.74, 6) is 0.0753. The van der Waals surface area contributed by atoms with Crippen molar-refractivity contribution in [2.75, 3.05) is 16.8 Å². The Bertz CT molecular complexity index is 730. The minimum Gasteiger partial charge on any atom is -0.312 e. The second-order valence-corrected chi connectivity index (χ2v) is 5.18. The molecule has 2 aromatic rings. The highest BCUT2D eigenvalue weighted by atomic mass is 16.2. The van der Waals surface area contributed by atoms with Crippen LogP contribution in [0.2, 0.25) is 0 Å². The Labute approximate surface area is 128 Å². The third-order valence-electron chi connectivity index (χ3n) is 3.51. The monoisotopic (exact) mass is 296 g/mol. The maximum Gasteiger partial charge on any atom is 0.258 e. The zero-order valence-corrected chi connectivity index (χ0v) is 12.2. The summed E-state index contributed by atoms with van der Waals surface area (Å²) >= 11 is 0. The van der Waals surface area contributed by atoms with Crippen LogP contribution in [0, 0.1) is 6.92 Å². The molecule has 1 N–H and O–H groups in total. The van der Waals surface area contributed by atoms with E-state index in [1.165, 1.54) is 0 Å². The lowest BCUT2D eigenvalue weighted by Gasteiger charge is -2.16. The number of nitrogens with one attached hydrogen (secondary N) is 1. The van der Waals surface area contributed by atoms with Crippen LogP contribution in [-0.4, -0.2) is 28.3 Å². The number of hydrogen-bond acceptors (Lipinski definition) is 4. The van der Waals surface area contributed by atoms with Gasteiger partial charge in [-0.1, -0.05) is 6.07 Å². The standard InChI is InChI=1S/C16H16N4O2/c1-11-7-8-17-16(18-11)19-15(22)12-4-2-5-13(10-12)20-9-3-6-14(20)21/h2,4-5,7-8,10H,3,6,9H2,1H3,(H,17,18,19,22). The lowest BCUT2D eigenvalue weighted by Crippen LogP contribution is -2.24. The predicted molar refractivity (Wildman–Crippen MR) is 82.8 cm³/mol. The summed E-state index contributed by atoms with van der Waals surface area (Å²) in [7, 11) is 0. The first kappa shape index (κ1) is 14.2. The van der Waals surface area contributed by atoms with Gasteiger partial charge >= 0.3 is 0 Å². The summed E-state index contributed by atoms with van der Waals surface area (Å²) in [5, 5.41) is 2.66. The van der Waals surface area contributed by atoms with E-state index < -0.39 is 0 Å². The number of aryl methyl sites for hydroxylation is 1. The van der Waals surface area contributed by atoms with Crippen molar-refractivity contribution in [1.29, 1.82) is 0 Å². The lowest BCUT2D eigenvalue weighted by molar-refractivity contribution is -0.117. The minimum absolute atomic E-state index is 0.0968. The van der Waals surface area contributed by atoms with Crippen LogP contribution in [0.15, 0.2) is 36.5 Å². The molecule has 1 aliphatic heterocycles. The topological polar surface area (TPSA) is 75.2 Å². The average Bonchev–Trinajstić information content (AvgIpc) is 2.93. The number of aromatic nitrogens is 2. The molecule has 0 unspecified atom stereocenters. The number of anilines is 2. The summed E-state index contributed by atoms with van der Waals surface area (Å²) in [6.07, 6.45) is 3.01. The van der Waals surface area contributed by atoms with Crippen molar-refractivity contribution >= 4 is 23.5 Å². The van der Waals surface area contributed by atoms with Crippen molar-refractivity contribution in [2.24, 2.45) is 0 Å². The van der Waals surface area contributed by atoms with Gasteiger partial charge in [0.25, 0.3) is 5.91 Å². The van der Waals surface area contributed by atoms with Crippen LogP contribution >= 0.6 is 0 Å². The third-order valence-corrected chi connectivity index (χ3v) is 3.51. The Morgan fingerprint density at radius 3 is 2.91 bits per heavy atom. The maximum absolute atomic E-state index is 12.3. The van der Waals surface area contributed by atoms with E-state index in [9.17, 15) is 9.59 Å². The first-order valence-electron chi connectivity index (χ1n) is 7.15. The fourth-order valence-electron chi connectivity index (χ4n) is 2.42. The predicted octanol–water partition coefficient (Wildman–Crippen LogP) is 2.16. The molecule has 22 heavy (non-hydrogen) atoms. The number of hydrogen-bond donors (Lipinski definition) is 1. The van der Waals surface area contributed by atoms with Gasteiger partial charge in [0.2, 0.25) is 11.9 Å². The summed E-state index contributed by atoms with van der Waals surface area (Å²) < 4.78 is 0. The van der Waals surface area contributed by atoms with Gasteiger partial charge in [0.15, 0.2) is 0 Å². The molecule has 0 saturated carbocycles. The SMILES string of the molecule is Cc1ccnc(NC(=O)c2cccc(N3CCCC3=O)c2)n1. The van der Waals surface area contributed by atoms with Gasteiger partial charge in [0.05, 0.1) is 0 Å². The van der Waals surface area contributed by atoms with E-state index in [0.29, 0.717) is 18.5 Å². The quantitative estimate of drug-likeness (QED) is 0.941. The summed E-state index contributed by atoms with van der Waals surface area (Å²) in [6.45, 7) is 2.53. The van der Waals surface area contributed by atoms with E-state index in [1.54, 1.807) is 35.4 Å². The van der Waals surface area contributed by atoms with Gasteiger partial charge in [-0.3, -0.25) is 14.9 Å². The highest BCUT2D eigenvalue weighted by Gasteiger charge is 2.22. The summed E-state index contributed by atoms with van der Waals surface area (Å²) in [5.41, 5.74) is 2.00. The molecule has 112 valence electrons. The molecule has 6 heteroatoms. The molecule has 2 heterocycles. The summed E-state index contributed by atoms with van der Waals surface area (Å²) in [6, 6.07) is 8.79. The van der Waals surface area contributed by atoms with E-state index >= 15 is 0 Å². The molecule has 0 bridgehead atoms. The normalized spacial score (nSPS) is 14.2. The smallest absolute Gasteiger partial charge is 0.258 e. The molecule has 0 atom stereocenters. The molecule has 0 radical (unpaired) electrons. The van der Waals surface area contributed by atoms with Crippen LogP contribution in [0.5, 0.6) is 0 Å².